The van der Waals surface area contributed by atoms with Crippen molar-refractivity contribution >= 4 is 17.3 Å². The van der Waals surface area contributed by atoms with E-state index in [-0.39, 0.29) is 5.02 Å². The Labute approximate surface area is 119 Å². The van der Waals surface area contributed by atoms with E-state index in [1.165, 1.54) is 6.07 Å². The van der Waals surface area contributed by atoms with E-state index in [0.29, 0.717) is 18.7 Å². The van der Waals surface area contributed by atoms with Gasteiger partial charge in [-0.05, 0) is 24.3 Å². The van der Waals surface area contributed by atoms with Crippen LogP contribution in [0.4, 0.5) is 18.9 Å². The van der Waals surface area contributed by atoms with Crippen molar-refractivity contribution in [2.45, 2.75) is 12.6 Å². The number of rotatable bonds is 4. The number of hydrogen-bond donors (Lipinski definition) is 1. The van der Waals surface area contributed by atoms with Crippen molar-refractivity contribution in [3.63, 3.8) is 0 Å². The summed E-state index contributed by atoms with van der Waals surface area (Å²) >= 11 is 5.85. The summed E-state index contributed by atoms with van der Waals surface area (Å²) in [7, 11) is 1.83. The number of anilines is 1. The van der Waals surface area contributed by atoms with E-state index in [0.717, 1.165) is 17.8 Å². The summed E-state index contributed by atoms with van der Waals surface area (Å²) < 4.78 is 39.2. The maximum atomic E-state index is 12.5. The van der Waals surface area contributed by atoms with E-state index in [4.69, 9.17) is 11.6 Å². The van der Waals surface area contributed by atoms with Crippen LogP contribution in [0.3, 0.4) is 0 Å². The fraction of sp³-hybridized carbons (Fsp3) is 0.308. The molecule has 3 nitrogen and oxygen atoms in total. The number of alkyl halides is 3. The number of hydrogen-bond acceptors (Lipinski definition) is 2. The topological polar surface area (TPSA) is 29.9 Å². The van der Waals surface area contributed by atoms with Crippen molar-refractivity contribution in [2.24, 2.45) is 7.05 Å². The Bertz CT molecular complexity index is 593. The normalized spacial score (nSPS) is 11.7. The molecule has 2 aromatic rings. The monoisotopic (exact) mass is 303 g/mol. The molecule has 1 aromatic carbocycles. The summed E-state index contributed by atoms with van der Waals surface area (Å²) in [6.07, 6.45) is -1.98. The molecule has 0 radical (unpaired) electrons. The second-order valence-electron chi connectivity index (χ2n) is 4.32. The lowest BCUT2D eigenvalue weighted by Gasteiger charge is -2.11. The van der Waals surface area contributed by atoms with Crippen LogP contribution in [0.15, 0.2) is 30.5 Å². The summed E-state index contributed by atoms with van der Waals surface area (Å²) in [5, 5.41) is 7.11. The van der Waals surface area contributed by atoms with Crippen LogP contribution in [-0.2, 0) is 19.6 Å². The van der Waals surface area contributed by atoms with Gasteiger partial charge in [-0.25, -0.2) is 0 Å². The summed E-state index contributed by atoms with van der Waals surface area (Å²) in [5.74, 6) is 0. The molecule has 0 fully saturated rings. The molecule has 1 heterocycles. The fourth-order valence-corrected chi connectivity index (χ4v) is 2.05. The van der Waals surface area contributed by atoms with Crippen LogP contribution in [0.25, 0.3) is 0 Å². The third-order valence-corrected chi connectivity index (χ3v) is 3.23. The van der Waals surface area contributed by atoms with E-state index in [9.17, 15) is 13.2 Å². The molecule has 108 valence electrons. The molecule has 0 aliphatic rings. The summed E-state index contributed by atoms with van der Waals surface area (Å²) in [6, 6.07) is 5.16. The van der Waals surface area contributed by atoms with Crippen LogP contribution >= 0.6 is 11.6 Å². The van der Waals surface area contributed by atoms with E-state index in [1.54, 1.807) is 10.9 Å². The molecule has 2 rings (SSSR count). The highest BCUT2D eigenvalue weighted by Crippen LogP contribution is 2.33. The van der Waals surface area contributed by atoms with Gasteiger partial charge in [0, 0.05) is 31.9 Å². The standard InChI is InChI=1S/C13H13ClF3N3/c1-20-10(5-7-19-20)4-6-18-12-3-2-9(8-11(12)14)13(15,16)17/h2-3,5,7-8,18H,4,6H2,1H3. The number of nitrogens with one attached hydrogen (secondary N) is 1. The highest BCUT2D eigenvalue weighted by Gasteiger charge is 2.30. The molecule has 0 atom stereocenters. The van der Waals surface area contributed by atoms with Gasteiger partial charge in [-0.15, -0.1) is 0 Å². The predicted octanol–water partition coefficient (Wildman–Crippen LogP) is 3.75. The summed E-state index contributed by atoms with van der Waals surface area (Å²) in [6.45, 7) is 0.560. The van der Waals surface area contributed by atoms with Gasteiger partial charge >= 0.3 is 6.18 Å². The molecule has 7 heteroatoms. The molecule has 0 bridgehead atoms. The molecule has 20 heavy (non-hydrogen) atoms. The van der Waals surface area contributed by atoms with E-state index in [2.05, 4.69) is 10.4 Å². The quantitative estimate of drug-likeness (QED) is 0.932. The summed E-state index contributed by atoms with van der Waals surface area (Å²) in [5.41, 5.74) is 0.766. The van der Waals surface area contributed by atoms with Crippen LogP contribution in [0.2, 0.25) is 5.02 Å². The Morgan fingerprint density at radius 2 is 2.05 bits per heavy atom. The average Bonchev–Trinajstić information content (AvgIpc) is 2.76. The van der Waals surface area contributed by atoms with Crippen LogP contribution in [0.5, 0.6) is 0 Å². The Morgan fingerprint density at radius 3 is 2.60 bits per heavy atom. The highest BCUT2D eigenvalue weighted by molar-refractivity contribution is 6.33. The number of nitrogens with zero attached hydrogens (tertiary/aromatic N) is 2. The van der Waals surface area contributed by atoms with Crippen molar-refractivity contribution in [2.75, 3.05) is 11.9 Å². The van der Waals surface area contributed by atoms with Gasteiger partial charge < -0.3 is 5.32 Å². The molecule has 0 saturated heterocycles. The van der Waals surface area contributed by atoms with Crippen molar-refractivity contribution in [3.8, 4) is 0 Å². The van der Waals surface area contributed by atoms with Crippen molar-refractivity contribution < 1.29 is 13.2 Å². The minimum Gasteiger partial charge on any atom is -0.383 e. The lowest BCUT2D eigenvalue weighted by molar-refractivity contribution is -0.137. The van der Waals surface area contributed by atoms with E-state index < -0.39 is 11.7 Å². The van der Waals surface area contributed by atoms with Crippen LogP contribution in [0.1, 0.15) is 11.3 Å². The zero-order valence-electron chi connectivity index (χ0n) is 10.7. The minimum absolute atomic E-state index is 0.0600. The Morgan fingerprint density at radius 1 is 1.30 bits per heavy atom. The van der Waals surface area contributed by atoms with Gasteiger partial charge in [-0.3, -0.25) is 4.68 Å². The SMILES string of the molecule is Cn1nccc1CCNc1ccc(C(F)(F)F)cc1Cl. The first-order chi connectivity index (χ1) is 9.38. The molecule has 0 amide bonds. The van der Waals surface area contributed by atoms with Crippen molar-refractivity contribution in [3.05, 3.63) is 46.7 Å². The molecule has 1 aromatic heterocycles. The Kier molecular flexibility index (Phi) is 4.23. The van der Waals surface area contributed by atoms with Gasteiger partial charge in [-0.2, -0.15) is 18.3 Å². The molecular formula is C13H13ClF3N3. The van der Waals surface area contributed by atoms with E-state index in [1.807, 2.05) is 13.1 Å². The van der Waals surface area contributed by atoms with Gasteiger partial charge in [0.05, 0.1) is 16.3 Å². The maximum Gasteiger partial charge on any atom is 0.416 e. The molecule has 1 N–H and O–H groups in total. The molecule has 0 spiro atoms. The number of aromatic nitrogens is 2. The van der Waals surface area contributed by atoms with Gasteiger partial charge in [0.25, 0.3) is 0 Å². The first-order valence-electron chi connectivity index (χ1n) is 5.95. The lowest BCUT2D eigenvalue weighted by Crippen LogP contribution is -2.09. The van der Waals surface area contributed by atoms with Gasteiger partial charge in [0.15, 0.2) is 0 Å². The van der Waals surface area contributed by atoms with Crippen molar-refractivity contribution in [1.29, 1.82) is 0 Å². The predicted molar refractivity (Wildman–Crippen MR) is 71.9 cm³/mol. The van der Waals surface area contributed by atoms with Crippen LogP contribution < -0.4 is 5.32 Å². The third-order valence-electron chi connectivity index (χ3n) is 2.92. The largest absolute Gasteiger partial charge is 0.416 e. The van der Waals surface area contributed by atoms with Gasteiger partial charge in [-0.1, -0.05) is 11.6 Å². The number of aryl methyl sites for hydroxylation is 1. The zero-order chi connectivity index (χ0) is 14.8. The van der Waals surface area contributed by atoms with Gasteiger partial charge in [0.2, 0.25) is 0 Å². The third kappa shape index (κ3) is 3.45. The fourth-order valence-electron chi connectivity index (χ4n) is 1.81. The first kappa shape index (κ1) is 14.7. The smallest absolute Gasteiger partial charge is 0.383 e. The van der Waals surface area contributed by atoms with Crippen LogP contribution in [0, 0.1) is 0 Å². The second-order valence-corrected chi connectivity index (χ2v) is 4.72. The minimum atomic E-state index is -4.38. The molecular weight excluding hydrogens is 291 g/mol. The number of benzene rings is 1. The van der Waals surface area contributed by atoms with Gasteiger partial charge in [0.1, 0.15) is 0 Å². The molecule has 0 saturated carbocycles. The van der Waals surface area contributed by atoms with Crippen LogP contribution in [-0.4, -0.2) is 16.3 Å². The highest BCUT2D eigenvalue weighted by atomic mass is 35.5. The Hall–Kier alpha value is -1.69. The van der Waals surface area contributed by atoms with Crippen molar-refractivity contribution in [1.82, 2.24) is 9.78 Å². The molecule has 0 aliphatic carbocycles. The second kappa shape index (κ2) is 5.75. The number of halogens is 4. The average molecular weight is 304 g/mol. The summed E-state index contributed by atoms with van der Waals surface area (Å²) in [4.78, 5) is 0. The molecule has 0 unspecified atom stereocenters. The molecule has 0 aliphatic heterocycles. The zero-order valence-corrected chi connectivity index (χ0v) is 11.5. The maximum absolute atomic E-state index is 12.5. The van der Waals surface area contributed by atoms with E-state index >= 15 is 0 Å². The Balaban J connectivity index is 1.98. The first-order valence-corrected chi connectivity index (χ1v) is 6.33. The lowest BCUT2D eigenvalue weighted by atomic mass is 10.2.